The highest BCUT2D eigenvalue weighted by molar-refractivity contribution is 4.78. The van der Waals surface area contributed by atoms with Crippen LogP contribution >= 0.6 is 0 Å². The molecule has 2 fully saturated rings. The van der Waals surface area contributed by atoms with E-state index < -0.39 is 0 Å². The van der Waals surface area contributed by atoms with Gasteiger partial charge >= 0.3 is 0 Å². The van der Waals surface area contributed by atoms with Crippen LogP contribution in [0.5, 0.6) is 0 Å². The normalized spacial score (nSPS) is 27.8. The Hall–Kier alpha value is -0.120. The summed E-state index contributed by atoms with van der Waals surface area (Å²) in [6.45, 7) is 5.50. The number of nitrogens with zero attached hydrogens (tertiary/aromatic N) is 1. The predicted octanol–water partition coefficient (Wildman–Crippen LogP) is 2.41. The molecule has 2 atom stereocenters. The van der Waals surface area contributed by atoms with Crippen molar-refractivity contribution in [3.8, 4) is 0 Å². The van der Waals surface area contributed by atoms with Crippen molar-refractivity contribution in [2.24, 2.45) is 0 Å². The Morgan fingerprint density at radius 2 is 1.89 bits per heavy atom. The van der Waals surface area contributed by atoms with Crippen molar-refractivity contribution in [2.45, 2.75) is 70.1 Å². The summed E-state index contributed by atoms with van der Waals surface area (Å²) in [6, 6.07) is 1.39. The zero-order valence-electron chi connectivity index (χ0n) is 12.2. The molecule has 2 aliphatic rings. The Labute approximate surface area is 112 Å². The first-order valence-electron chi connectivity index (χ1n) is 7.81. The summed E-state index contributed by atoms with van der Waals surface area (Å²) in [7, 11) is 2.24. The number of hydrogen-bond donors (Lipinski definition) is 1. The van der Waals surface area contributed by atoms with Crippen molar-refractivity contribution >= 4 is 0 Å². The summed E-state index contributed by atoms with van der Waals surface area (Å²) < 4.78 is 5.81. The topological polar surface area (TPSA) is 24.5 Å². The fraction of sp³-hybridized carbons (Fsp3) is 1.00. The standard InChI is InChI=1S/C15H30N2O/c1-13(11-16-14-7-3-4-8-14)17(2)12-15-9-5-6-10-18-15/h13-16H,3-12H2,1-2H3. The molecule has 3 nitrogen and oxygen atoms in total. The van der Waals surface area contributed by atoms with E-state index in [9.17, 15) is 0 Å². The van der Waals surface area contributed by atoms with Crippen LogP contribution in [-0.2, 0) is 4.74 Å². The van der Waals surface area contributed by atoms with Crippen LogP contribution in [0.3, 0.4) is 0 Å². The molecule has 1 N–H and O–H groups in total. The largest absolute Gasteiger partial charge is 0.377 e. The number of hydrogen-bond acceptors (Lipinski definition) is 3. The van der Waals surface area contributed by atoms with Gasteiger partial charge in [0, 0.05) is 31.8 Å². The molecule has 3 heteroatoms. The molecule has 0 aromatic heterocycles. The summed E-state index contributed by atoms with van der Waals surface area (Å²) in [4.78, 5) is 2.46. The predicted molar refractivity (Wildman–Crippen MR) is 75.9 cm³/mol. The fourth-order valence-corrected chi connectivity index (χ4v) is 3.08. The van der Waals surface area contributed by atoms with E-state index in [1.54, 1.807) is 0 Å². The van der Waals surface area contributed by atoms with Crippen LogP contribution in [0, 0.1) is 0 Å². The maximum atomic E-state index is 5.81. The highest BCUT2D eigenvalue weighted by atomic mass is 16.5. The summed E-state index contributed by atoms with van der Waals surface area (Å²) in [5, 5.41) is 3.72. The minimum atomic E-state index is 0.470. The molecule has 2 unspecified atom stereocenters. The third kappa shape index (κ3) is 4.52. The molecule has 0 aromatic carbocycles. The van der Waals surface area contributed by atoms with Crippen LogP contribution in [0.2, 0.25) is 0 Å². The van der Waals surface area contributed by atoms with E-state index in [-0.39, 0.29) is 0 Å². The molecule has 0 aromatic rings. The van der Waals surface area contributed by atoms with Gasteiger partial charge in [-0.25, -0.2) is 0 Å². The highest BCUT2D eigenvalue weighted by Gasteiger charge is 2.20. The van der Waals surface area contributed by atoms with Crippen molar-refractivity contribution in [2.75, 3.05) is 26.7 Å². The minimum absolute atomic E-state index is 0.470. The Balaban J connectivity index is 1.62. The van der Waals surface area contributed by atoms with Crippen molar-refractivity contribution in [3.05, 3.63) is 0 Å². The molecule has 1 saturated heterocycles. The molecule has 1 aliphatic heterocycles. The van der Waals surface area contributed by atoms with Crippen molar-refractivity contribution < 1.29 is 4.74 Å². The van der Waals surface area contributed by atoms with Gasteiger partial charge in [-0.1, -0.05) is 12.8 Å². The average molecular weight is 254 g/mol. The van der Waals surface area contributed by atoms with Crippen LogP contribution in [0.1, 0.15) is 51.9 Å². The van der Waals surface area contributed by atoms with Gasteiger partial charge in [0.05, 0.1) is 6.10 Å². The first-order valence-corrected chi connectivity index (χ1v) is 7.81. The number of ether oxygens (including phenoxy) is 1. The minimum Gasteiger partial charge on any atom is -0.377 e. The van der Waals surface area contributed by atoms with E-state index in [0.29, 0.717) is 12.1 Å². The van der Waals surface area contributed by atoms with E-state index in [2.05, 4.69) is 24.2 Å². The van der Waals surface area contributed by atoms with Crippen LogP contribution in [0.4, 0.5) is 0 Å². The van der Waals surface area contributed by atoms with E-state index in [0.717, 1.165) is 25.7 Å². The first-order chi connectivity index (χ1) is 8.75. The monoisotopic (exact) mass is 254 g/mol. The second kappa shape index (κ2) is 7.46. The molecular formula is C15H30N2O. The number of likely N-dealkylation sites (N-methyl/N-ethyl adjacent to an activating group) is 1. The van der Waals surface area contributed by atoms with Gasteiger partial charge in [-0.15, -0.1) is 0 Å². The van der Waals surface area contributed by atoms with Crippen LogP contribution in [-0.4, -0.2) is 49.8 Å². The Bertz CT molecular complexity index is 223. The Kier molecular flexibility index (Phi) is 5.93. The maximum absolute atomic E-state index is 5.81. The molecule has 0 spiro atoms. The van der Waals surface area contributed by atoms with Gasteiger partial charge in [0.2, 0.25) is 0 Å². The zero-order chi connectivity index (χ0) is 12.8. The van der Waals surface area contributed by atoms with Gasteiger partial charge in [0.1, 0.15) is 0 Å². The summed E-state index contributed by atoms with van der Waals surface area (Å²) in [5.74, 6) is 0. The molecule has 106 valence electrons. The summed E-state index contributed by atoms with van der Waals surface area (Å²) in [6.07, 6.45) is 9.89. The van der Waals surface area contributed by atoms with Crippen molar-refractivity contribution in [3.63, 3.8) is 0 Å². The molecule has 18 heavy (non-hydrogen) atoms. The molecule has 1 aliphatic carbocycles. The number of rotatable bonds is 6. The van der Waals surface area contributed by atoms with Gasteiger partial charge in [-0.3, -0.25) is 4.90 Å². The third-order valence-electron chi connectivity index (χ3n) is 4.58. The SMILES string of the molecule is CC(CNC1CCCC1)N(C)CC1CCCCO1. The Morgan fingerprint density at radius 1 is 1.17 bits per heavy atom. The molecular weight excluding hydrogens is 224 g/mol. The van der Waals surface area contributed by atoms with Gasteiger partial charge < -0.3 is 10.1 Å². The van der Waals surface area contributed by atoms with E-state index >= 15 is 0 Å². The second-order valence-electron chi connectivity index (χ2n) is 6.17. The average Bonchev–Trinajstić information content (AvgIpc) is 2.90. The maximum Gasteiger partial charge on any atom is 0.0702 e. The molecule has 0 amide bonds. The van der Waals surface area contributed by atoms with Gasteiger partial charge in [-0.2, -0.15) is 0 Å². The van der Waals surface area contributed by atoms with E-state index in [1.165, 1.54) is 44.9 Å². The molecule has 2 rings (SSSR count). The number of nitrogens with one attached hydrogen (secondary N) is 1. The van der Waals surface area contributed by atoms with Gasteiger partial charge in [0.15, 0.2) is 0 Å². The Morgan fingerprint density at radius 3 is 2.56 bits per heavy atom. The third-order valence-corrected chi connectivity index (χ3v) is 4.58. The molecule has 1 heterocycles. The lowest BCUT2D eigenvalue weighted by molar-refractivity contribution is -0.00701. The lowest BCUT2D eigenvalue weighted by atomic mass is 10.1. The zero-order valence-corrected chi connectivity index (χ0v) is 12.2. The molecule has 0 bridgehead atoms. The van der Waals surface area contributed by atoms with Crippen molar-refractivity contribution in [1.82, 2.24) is 10.2 Å². The molecule has 1 saturated carbocycles. The summed E-state index contributed by atoms with van der Waals surface area (Å²) >= 11 is 0. The van der Waals surface area contributed by atoms with Crippen LogP contribution in [0.15, 0.2) is 0 Å². The first kappa shape index (κ1) is 14.3. The van der Waals surface area contributed by atoms with Gasteiger partial charge in [-0.05, 0) is 46.1 Å². The highest BCUT2D eigenvalue weighted by Crippen LogP contribution is 2.18. The second-order valence-corrected chi connectivity index (χ2v) is 6.17. The quantitative estimate of drug-likeness (QED) is 0.788. The smallest absolute Gasteiger partial charge is 0.0702 e. The molecule has 0 radical (unpaired) electrons. The van der Waals surface area contributed by atoms with Crippen LogP contribution < -0.4 is 5.32 Å². The van der Waals surface area contributed by atoms with Crippen molar-refractivity contribution in [1.29, 1.82) is 0 Å². The van der Waals surface area contributed by atoms with E-state index in [1.807, 2.05) is 0 Å². The lowest BCUT2D eigenvalue weighted by Crippen LogP contribution is -2.44. The van der Waals surface area contributed by atoms with Gasteiger partial charge in [0.25, 0.3) is 0 Å². The summed E-state index contributed by atoms with van der Waals surface area (Å²) in [5.41, 5.74) is 0. The van der Waals surface area contributed by atoms with E-state index in [4.69, 9.17) is 4.74 Å². The van der Waals surface area contributed by atoms with Crippen LogP contribution in [0.25, 0.3) is 0 Å². The fourth-order valence-electron chi connectivity index (χ4n) is 3.08. The lowest BCUT2D eigenvalue weighted by Gasteiger charge is -2.31.